The highest BCUT2D eigenvalue weighted by molar-refractivity contribution is 5.76. The number of pyridine rings is 1. The lowest BCUT2D eigenvalue weighted by Gasteiger charge is -2.47. The molecule has 7 atom stereocenters. The van der Waals surface area contributed by atoms with Crippen LogP contribution in [0, 0.1) is 41.3 Å². The molecule has 1 saturated heterocycles. The molecule has 0 spiro atoms. The van der Waals surface area contributed by atoms with Gasteiger partial charge in [0.15, 0.2) is 0 Å². The first-order valence-electron chi connectivity index (χ1n) is 13.3. The molecule has 2 heterocycles. The second-order valence-electron chi connectivity index (χ2n) is 10.7. The van der Waals surface area contributed by atoms with Crippen LogP contribution in [-0.4, -0.2) is 41.3 Å². The lowest BCUT2D eigenvalue weighted by molar-refractivity contribution is -0.147. The molecule has 1 aliphatic heterocycles. The van der Waals surface area contributed by atoms with E-state index >= 15 is 0 Å². The van der Waals surface area contributed by atoms with Gasteiger partial charge < -0.3 is 14.6 Å². The van der Waals surface area contributed by atoms with E-state index in [-0.39, 0.29) is 60.7 Å². The molecule has 1 N–H and O–H groups in total. The van der Waals surface area contributed by atoms with Gasteiger partial charge in [-0.05, 0) is 86.1 Å². The smallest absolute Gasteiger partial charge is 0.309 e. The first-order valence-corrected chi connectivity index (χ1v) is 13.3. The van der Waals surface area contributed by atoms with Crippen LogP contribution in [0.5, 0.6) is 0 Å². The molecule has 3 aliphatic rings. The van der Waals surface area contributed by atoms with Gasteiger partial charge >= 0.3 is 11.9 Å². The molecule has 6 nitrogen and oxygen atoms in total. The van der Waals surface area contributed by atoms with E-state index in [4.69, 9.17) is 14.6 Å². The molecule has 0 amide bonds. The Morgan fingerprint density at radius 2 is 2.08 bits per heavy atom. The number of aliphatic hydroxyl groups is 1. The summed E-state index contributed by atoms with van der Waals surface area (Å²) in [5, 5.41) is 8.90. The predicted octanol–water partition coefficient (Wildman–Crippen LogP) is 5.06. The second-order valence-corrected chi connectivity index (χ2v) is 10.7. The summed E-state index contributed by atoms with van der Waals surface area (Å²) in [4.78, 5) is 29.4. The summed E-state index contributed by atoms with van der Waals surface area (Å²) >= 11 is 0. The highest BCUT2D eigenvalue weighted by atomic mass is 19.1. The summed E-state index contributed by atoms with van der Waals surface area (Å²) in [5.41, 5.74) is 2.46. The summed E-state index contributed by atoms with van der Waals surface area (Å²) in [7, 11) is 0. The number of hydrogen-bond donors (Lipinski definition) is 1. The van der Waals surface area contributed by atoms with Gasteiger partial charge in [-0.25, -0.2) is 4.39 Å². The Labute approximate surface area is 216 Å². The monoisotopic (exact) mass is 507 g/mol. The van der Waals surface area contributed by atoms with Crippen LogP contribution < -0.4 is 0 Å². The molecule has 3 fully saturated rings. The van der Waals surface area contributed by atoms with E-state index in [1.807, 2.05) is 31.2 Å². The van der Waals surface area contributed by atoms with E-state index in [9.17, 15) is 14.0 Å². The fourth-order valence-corrected chi connectivity index (χ4v) is 6.90. The average Bonchev–Trinajstić information content (AvgIpc) is 3.18. The van der Waals surface area contributed by atoms with Crippen LogP contribution in [-0.2, 0) is 19.1 Å². The number of esters is 2. The van der Waals surface area contributed by atoms with Gasteiger partial charge in [0.1, 0.15) is 18.5 Å². The third-order valence-corrected chi connectivity index (χ3v) is 8.50. The van der Waals surface area contributed by atoms with Crippen LogP contribution in [0.2, 0.25) is 0 Å². The summed E-state index contributed by atoms with van der Waals surface area (Å²) in [6, 6.07) is 10.3. The van der Waals surface area contributed by atoms with Crippen LogP contribution in [0.25, 0.3) is 17.2 Å². The van der Waals surface area contributed by atoms with Gasteiger partial charge in [0.05, 0.1) is 18.2 Å². The minimum Gasteiger partial charge on any atom is -0.463 e. The van der Waals surface area contributed by atoms with Gasteiger partial charge in [-0.2, -0.15) is 0 Å². The highest BCUT2D eigenvalue weighted by Crippen LogP contribution is 2.54. The van der Waals surface area contributed by atoms with Crippen molar-refractivity contribution in [3.8, 4) is 11.1 Å². The molecule has 1 aromatic carbocycles. The molecule has 0 bridgehead atoms. The molecule has 0 unspecified atom stereocenters. The molecule has 1 aromatic heterocycles. The zero-order valence-electron chi connectivity index (χ0n) is 21.1. The maximum Gasteiger partial charge on any atom is 0.309 e. The molecule has 196 valence electrons. The fraction of sp³-hybridized carbons (Fsp3) is 0.500. The molecule has 37 heavy (non-hydrogen) atoms. The summed E-state index contributed by atoms with van der Waals surface area (Å²) in [6.45, 7) is 1.87. The minimum absolute atomic E-state index is 0.0369. The number of carbonyl (C=O) groups excluding carboxylic acids is 2. The minimum atomic E-state index is -0.276. The van der Waals surface area contributed by atoms with Crippen molar-refractivity contribution in [2.45, 2.75) is 45.1 Å². The Morgan fingerprint density at radius 3 is 2.84 bits per heavy atom. The SMILES string of the molecule is C[C@H]1OC(=O)[C@@H]2C[C@@H]3C[C@H](CC(=O)OCCO)CC[C@H]3[C@H](/C=C/c3ccc(-c4cccc(F)c4)cn3)[C@H]12. The van der Waals surface area contributed by atoms with Crippen molar-refractivity contribution in [2.75, 3.05) is 13.2 Å². The van der Waals surface area contributed by atoms with Gasteiger partial charge in [-0.3, -0.25) is 14.6 Å². The highest BCUT2D eigenvalue weighted by Gasteiger charge is 2.54. The van der Waals surface area contributed by atoms with E-state index in [1.54, 1.807) is 12.3 Å². The number of halogens is 1. The number of rotatable bonds is 7. The molecule has 7 heteroatoms. The second kappa shape index (κ2) is 11.1. The van der Waals surface area contributed by atoms with Crippen LogP contribution in [0.3, 0.4) is 0 Å². The Kier molecular flexibility index (Phi) is 7.70. The van der Waals surface area contributed by atoms with Crippen molar-refractivity contribution in [3.63, 3.8) is 0 Å². The number of nitrogens with zero attached hydrogens (tertiary/aromatic N) is 1. The summed E-state index contributed by atoms with van der Waals surface area (Å²) < 4.78 is 24.4. The summed E-state index contributed by atoms with van der Waals surface area (Å²) in [5.74, 6) is 0.588. The number of benzene rings is 1. The number of aromatic nitrogens is 1. The van der Waals surface area contributed by atoms with Crippen molar-refractivity contribution in [3.05, 3.63) is 60.2 Å². The third-order valence-electron chi connectivity index (χ3n) is 8.50. The zero-order valence-corrected chi connectivity index (χ0v) is 21.1. The zero-order chi connectivity index (χ0) is 25.9. The molecular weight excluding hydrogens is 473 g/mol. The van der Waals surface area contributed by atoms with E-state index in [1.165, 1.54) is 12.1 Å². The van der Waals surface area contributed by atoms with E-state index < -0.39 is 0 Å². The van der Waals surface area contributed by atoms with Crippen LogP contribution in [0.1, 0.15) is 44.7 Å². The maximum absolute atomic E-state index is 13.6. The number of allylic oxidation sites excluding steroid dienone is 1. The normalized spacial score (nSPS) is 31.0. The molecular formula is C30H34FNO5. The Bertz CT molecular complexity index is 1150. The number of carbonyl (C=O) groups is 2. The van der Waals surface area contributed by atoms with Crippen molar-refractivity contribution in [2.24, 2.45) is 35.5 Å². The maximum atomic E-state index is 13.6. The van der Waals surface area contributed by atoms with Gasteiger partial charge in [0, 0.05) is 24.1 Å². The quantitative estimate of drug-likeness (QED) is 0.528. The fourth-order valence-electron chi connectivity index (χ4n) is 6.90. The average molecular weight is 508 g/mol. The van der Waals surface area contributed by atoms with Crippen molar-refractivity contribution in [1.82, 2.24) is 4.98 Å². The van der Waals surface area contributed by atoms with E-state index in [0.29, 0.717) is 18.3 Å². The van der Waals surface area contributed by atoms with E-state index in [2.05, 4.69) is 11.1 Å². The standard InChI is InChI=1S/C30H34FNO5/c1-18-29-26(10-8-24-7-6-21(17-32-24)20-3-2-4-23(31)15-20)25-9-5-19(14-28(34)36-12-11-33)13-22(25)16-27(29)30(35)37-18/h2-4,6-8,10,15,17-19,22,25-27,29,33H,5,9,11-14,16H2,1H3/b10-8+/t18-,19-,22+,25-,26+,27-,29+/m1/s1. The molecule has 2 aromatic rings. The van der Waals surface area contributed by atoms with Gasteiger partial charge in [0.2, 0.25) is 0 Å². The molecule has 2 saturated carbocycles. The first kappa shape index (κ1) is 25.6. The van der Waals surface area contributed by atoms with Crippen molar-refractivity contribution >= 4 is 18.0 Å². The molecule has 5 rings (SSSR count). The first-order chi connectivity index (χ1) is 17.9. The number of cyclic esters (lactones) is 1. The lowest BCUT2D eigenvalue weighted by Crippen LogP contribution is -2.44. The van der Waals surface area contributed by atoms with E-state index in [0.717, 1.165) is 42.5 Å². The van der Waals surface area contributed by atoms with Gasteiger partial charge in [-0.1, -0.05) is 24.3 Å². The lowest BCUT2D eigenvalue weighted by atomic mass is 9.56. The topological polar surface area (TPSA) is 85.7 Å². The van der Waals surface area contributed by atoms with Gasteiger partial charge in [0.25, 0.3) is 0 Å². The van der Waals surface area contributed by atoms with Crippen LogP contribution in [0.15, 0.2) is 48.7 Å². The molecule has 0 radical (unpaired) electrons. The number of fused-ring (bicyclic) bond motifs is 2. The van der Waals surface area contributed by atoms with Crippen molar-refractivity contribution < 1.29 is 28.6 Å². The largest absolute Gasteiger partial charge is 0.463 e. The number of aliphatic hydroxyl groups excluding tert-OH is 1. The van der Waals surface area contributed by atoms with Gasteiger partial charge in [-0.15, -0.1) is 0 Å². The Morgan fingerprint density at radius 1 is 1.22 bits per heavy atom. The summed E-state index contributed by atoms with van der Waals surface area (Å²) in [6.07, 6.45) is 9.89. The predicted molar refractivity (Wildman–Crippen MR) is 136 cm³/mol. The van der Waals surface area contributed by atoms with Crippen LogP contribution in [0.4, 0.5) is 4.39 Å². The number of ether oxygens (including phenoxy) is 2. The Hall–Kier alpha value is -3.06. The van der Waals surface area contributed by atoms with Crippen molar-refractivity contribution in [1.29, 1.82) is 0 Å². The Balaban J connectivity index is 1.32. The third kappa shape index (κ3) is 5.61. The van der Waals surface area contributed by atoms with Crippen LogP contribution >= 0.6 is 0 Å². The number of hydrogen-bond acceptors (Lipinski definition) is 6. The molecule has 2 aliphatic carbocycles.